The molecular weight excluding hydrogens is 281 g/mol. The number of nitrogens with two attached hydrogens (primary N) is 1. The van der Waals surface area contributed by atoms with E-state index < -0.39 is 33.6 Å². The van der Waals surface area contributed by atoms with Gasteiger partial charge in [0.15, 0.2) is 0 Å². The van der Waals surface area contributed by atoms with Crippen LogP contribution in [0.4, 0.5) is 19.4 Å². The van der Waals surface area contributed by atoms with Crippen molar-refractivity contribution in [2.45, 2.75) is 17.4 Å². The van der Waals surface area contributed by atoms with Crippen LogP contribution in [0.1, 0.15) is 5.56 Å². The van der Waals surface area contributed by atoms with Gasteiger partial charge in [0.25, 0.3) is 0 Å². The van der Waals surface area contributed by atoms with Crippen molar-refractivity contribution in [3.05, 3.63) is 29.8 Å². The number of carboxylic acids is 1. The smallest absolute Gasteiger partial charge is 0.320 e. The molecule has 18 heavy (non-hydrogen) atoms. The van der Waals surface area contributed by atoms with E-state index >= 15 is 0 Å². The number of rotatable bonds is 4. The zero-order valence-electron chi connectivity index (χ0n) is 8.82. The zero-order valence-corrected chi connectivity index (χ0v) is 9.64. The SMILES string of the molecule is N[C@@H](Cc1cccc(S(F)(F)(F)(F)F)c1)C(=O)O. The molecule has 0 saturated heterocycles. The molecule has 3 N–H and O–H groups in total. The van der Waals surface area contributed by atoms with Crippen molar-refractivity contribution in [1.82, 2.24) is 0 Å². The fraction of sp³-hybridized carbons (Fsp3) is 0.222. The van der Waals surface area contributed by atoms with Gasteiger partial charge >= 0.3 is 16.2 Å². The average Bonchev–Trinajstić information content (AvgIpc) is 2.14. The van der Waals surface area contributed by atoms with Gasteiger partial charge in [-0.05, 0) is 24.1 Å². The predicted octanol–water partition coefficient (Wildman–Crippen LogP) is 3.30. The minimum atomic E-state index is -9.74. The van der Waals surface area contributed by atoms with Gasteiger partial charge in [0, 0.05) is 0 Å². The molecule has 1 atom stereocenters. The molecular formula is C9H10F5NO2S. The van der Waals surface area contributed by atoms with Crippen LogP contribution in [0.15, 0.2) is 29.2 Å². The summed E-state index contributed by atoms with van der Waals surface area (Å²) in [7, 11) is -9.74. The topological polar surface area (TPSA) is 63.3 Å². The van der Waals surface area contributed by atoms with Gasteiger partial charge in [0.05, 0.1) is 0 Å². The Morgan fingerprint density at radius 1 is 1.28 bits per heavy atom. The molecule has 0 amide bonds. The number of carbonyl (C=O) groups is 1. The Morgan fingerprint density at radius 3 is 2.28 bits per heavy atom. The van der Waals surface area contributed by atoms with Crippen LogP contribution in [-0.2, 0) is 11.2 Å². The maximum Gasteiger partial charge on any atom is 0.320 e. The summed E-state index contributed by atoms with van der Waals surface area (Å²) in [6.07, 6.45) is -0.461. The van der Waals surface area contributed by atoms with Crippen LogP contribution in [-0.4, -0.2) is 17.1 Å². The van der Waals surface area contributed by atoms with E-state index in [0.29, 0.717) is 0 Å². The Kier molecular flexibility index (Phi) is 2.92. The molecule has 1 rings (SSSR count). The Balaban J connectivity index is 3.13. The molecule has 3 nitrogen and oxygen atoms in total. The largest absolute Gasteiger partial charge is 0.480 e. The van der Waals surface area contributed by atoms with Crippen LogP contribution in [0.25, 0.3) is 0 Å². The molecule has 0 aliphatic carbocycles. The van der Waals surface area contributed by atoms with E-state index in [2.05, 4.69) is 0 Å². The molecule has 9 heteroatoms. The molecule has 104 valence electrons. The van der Waals surface area contributed by atoms with E-state index in [1.165, 1.54) is 0 Å². The number of aliphatic carboxylic acids is 1. The lowest BCUT2D eigenvalue weighted by Crippen LogP contribution is -2.32. The second-order valence-electron chi connectivity index (χ2n) is 3.77. The van der Waals surface area contributed by atoms with E-state index in [0.717, 1.165) is 12.1 Å². The second kappa shape index (κ2) is 3.58. The van der Waals surface area contributed by atoms with Gasteiger partial charge in [-0.15, -0.1) is 0 Å². The fourth-order valence-electron chi connectivity index (χ4n) is 1.25. The number of halogens is 5. The van der Waals surface area contributed by atoms with Crippen molar-refractivity contribution >= 4 is 16.2 Å². The standard InChI is InChI=1S/C9H10F5NO2S/c10-18(11,12,13,14)7-3-1-2-6(4-7)5-8(15)9(16)17/h1-4,8H,5,15H2,(H,16,17)/t8-/m0/s1. The van der Waals surface area contributed by atoms with E-state index in [9.17, 15) is 24.2 Å². The molecule has 1 aromatic carbocycles. The maximum atomic E-state index is 12.5. The van der Waals surface area contributed by atoms with Gasteiger partial charge < -0.3 is 10.8 Å². The Hall–Kier alpha value is -1.35. The van der Waals surface area contributed by atoms with Crippen molar-refractivity contribution in [2.75, 3.05) is 0 Å². The Morgan fingerprint density at radius 2 is 1.83 bits per heavy atom. The summed E-state index contributed by atoms with van der Waals surface area (Å²) in [6.45, 7) is 0. The quantitative estimate of drug-likeness (QED) is 0.837. The zero-order chi connectivity index (χ0) is 14.3. The van der Waals surface area contributed by atoms with Crippen molar-refractivity contribution < 1.29 is 29.3 Å². The highest BCUT2D eigenvalue weighted by Crippen LogP contribution is 3.02. The highest BCUT2D eigenvalue weighted by molar-refractivity contribution is 8.45. The third-order valence-electron chi connectivity index (χ3n) is 2.12. The first-order valence-electron chi connectivity index (χ1n) is 4.61. The van der Waals surface area contributed by atoms with Gasteiger partial charge in [-0.2, -0.15) is 0 Å². The molecule has 0 saturated carbocycles. The minimum Gasteiger partial charge on any atom is -0.480 e. The van der Waals surface area contributed by atoms with E-state index in [4.69, 9.17) is 10.8 Å². The monoisotopic (exact) mass is 291 g/mol. The first-order valence-corrected chi connectivity index (χ1v) is 6.56. The molecule has 0 radical (unpaired) electrons. The Labute approximate surface area is 99.1 Å². The van der Waals surface area contributed by atoms with Crippen LogP contribution >= 0.6 is 10.2 Å². The van der Waals surface area contributed by atoms with Crippen LogP contribution in [0.5, 0.6) is 0 Å². The van der Waals surface area contributed by atoms with E-state index in [1.807, 2.05) is 0 Å². The van der Waals surface area contributed by atoms with Crippen LogP contribution < -0.4 is 5.73 Å². The maximum absolute atomic E-state index is 12.5. The molecule has 0 aliphatic rings. The predicted molar refractivity (Wildman–Crippen MR) is 57.2 cm³/mol. The van der Waals surface area contributed by atoms with Crippen molar-refractivity contribution in [3.63, 3.8) is 0 Å². The normalized spacial score (nSPS) is 17.7. The van der Waals surface area contributed by atoms with Crippen molar-refractivity contribution in [2.24, 2.45) is 5.73 Å². The molecule has 0 aliphatic heterocycles. The first kappa shape index (κ1) is 14.7. The number of carboxylic acid groups (broad SMARTS) is 1. The average molecular weight is 291 g/mol. The molecule has 0 spiro atoms. The molecule has 0 bridgehead atoms. The number of hydrogen-bond acceptors (Lipinski definition) is 2. The first-order chi connectivity index (χ1) is 7.79. The third kappa shape index (κ3) is 3.84. The third-order valence-corrected chi connectivity index (χ3v) is 3.26. The highest BCUT2D eigenvalue weighted by atomic mass is 32.5. The van der Waals surface area contributed by atoms with Gasteiger partial charge in [0.1, 0.15) is 10.9 Å². The lowest BCUT2D eigenvalue weighted by molar-refractivity contribution is -0.138. The summed E-state index contributed by atoms with van der Waals surface area (Å²) in [5.41, 5.74) is 4.90. The van der Waals surface area contributed by atoms with Crippen LogP contribution in [0, 0.1) is 0 Å². The van der Waals surface area contributed by atoms with E-state index in [-0.39, 0.29) is 17.7 Å². The summed E-state index contributed by atoms with van der Waals surface area (Å²) in [6, 6.07) is 0.924. The van der Waals surface area contributed by atoms with Gasteiger partial charge in [-0.25, -0.2) is 0 Å². The molecule has 1 aromatic rings. The van der Waals surface area contributed by atoms with Crippen molar-refractivity contribution in [3.8, 4) is 0 Å². The van der Waals surface area contributed by atoms with Gasteiger partial charge in [-0.3, -0.25) is 4.79 Å². The summed E-state index contributed by atoms with van der Waals surface area (Å²) in [4.78, 5) is 8.37. The van der Waals surface area contributed by atoms with Crippen molar-refractivity contribution in [1.29, 1.82) is 0 Å². The Bertz CT molecular complexity index is 487. The summed E-state index contributed by atoms with van der Waals surface area (Å²) >= 11 is 0. The number of hydrogen-bond donors (Lipinski definition) is 2. The molecule has 0 aromatic heterocycles. The molecule has 0 fully saturated rings. The summed E-state index contributed by atoms with van der Waals surface area (Å²) in [5, 5.41) is 8.49. The lowest BCUT2D eigenvalue weighted by atomic mass is 10.1. The van der Waals surface area contributed by atoms with E-state index in [1.54, 1.807) is 0 Å². The molecule has 0 unspecified atom stereocenters. The van der Waals surface area contributed by atoms with Gasteiger partial charge in [0.2, 0.25) is 0 Å². The van der Waals surface area contributed by atoms with Crippen LogP contribution in [0.3, 0.4) is 0 Å². The number of benzene rings is 1. The second-order valence-corrected chi connectivity index (χ2v) is 6.17. The van der Waals surface area contributed by atoms with Crippen LogP contribution in [0.2, 0.25) is 0 Å². The summed E-state index contributed by atoms with van der Waals surface area (Å²) in [5.74, 6) is -1.42. The molecule has 0 heterocycles. The minimum absolute atomic E-state index is 0.212. The fourth-order valence-corrected chi connectivity index (χ4v) is 1.96. The highest BCUT2D eigenvalue weighted by Gasteiger charge is 2.65. The van der Waals surface area contributed by atoms with Gasteiger partial charge in [-0.1, -0.05) is 31.6 Å². The summed E-state index contributed by atoms with van der Waals surface area (Å²) < 4.78 is 62.4. The lowest BCUT2D eigenvalue weighted by Gasteiger charge is -2.40.